The van der Waals surface area contributed by atoms with Crippen LogP contribution >= 0.6 is 37.2 Å². The minimum absolute atomic E-state index is 0. The number of piperazine rings is 1. The maximum Gasteiger partial charge on any atom is 0.421 e. The van der Waals surface area contributed by atoms with Crippen molar-refractivity contribution in [3.8, 4) is 17.1 Å². The number of rotatable bonds is 9. The average molecular weight is 697 g/mol. The van der Waals surface area contributed by atoms with Gasteiger partial charge < -0.3 is 29.4 Å². The Morgan fingerprint density at radius 1 is 1.11 bits per heavy atom. The van der Waals surface area contributed by atoms with Crippen LogP contribution in [0.2, 0.25) is 0 Å². The van der Waals surface area contributed by atoms with Gasteiger partial charge in [-0.1, -0.05) is 43.2 Å². The molecule has 3 atom stereocenters. The molecule has 1 aliphatic heterocycles. The number of nitrogens with zero attached hydrogens (tertiary/aromatic N) is 4. The van der Waals surface area contributed by atoms with Gasteiger partial charge in [0.25, 0.3) is 5.91 Å². The lowest BCUT2D eigenvalue weighted by Gasteiger charge is -2.41. The standard InChI is InChI=1S/C30H36F3N5O4.3ClH/c1-41-19-29(40)13-6-5-11-24(29)38-20-36-25(26(38)21-8-3-2-4-9-21)28(39)37-16-15-34-18-22(37)12-17-42-27-23(30(31,32)33)10-7-14-35-27;;;/h2-4,7-10,14,20,22,24,34,40H,5-6,11-13,15-19H2,1H3;3*1H/t22-,24-,29-;;;/m1.../s1. The summed E-state index contributed by atoms with van der Waals surface area (Å²) in [5.74, 6) is -0.758. The third-order valence-corrected chi connectivity index (χ3v) is 8.11. The van der Waals surface area contributed by atoms with Gasteiger partial charge in [0.15, 0.2) is 5.69 Å². The van der Waals surface area contributed by atoms with E-state index in [0.29, 0.717) is 44.6 Å². The van der Waals surface area contributed by atoms with E-state index in [-0.39, 0.29) is 74.1 Å². The molecule has 15 heteroatoms. The number of hydrogen-bond acceptors (Lipinski definition) is 7. The number of alkyl halides is 3. The summed E-state index contributed by atoms with van der Waals surface area (Å²) < 4.78 is 52.9. The van der Waals surface area contributed by atoms with Gasteiger partial charge in [0, 0.05) is 51.0 Å². The minimum Gasteiger partial charge on any atom is -0.477 e. The van der Waals surface area contributed by atoms with E-state index >= 15 is 0 Å². The molecule has 2 aliphatic rings. The molecule has 1 amide bonds. The fourth-order valence-corrected chi connectivity index (χ4v) is 6.09. The summed E-state index contributed by atoms with van der Waals surface area (Å²) in [5, 5.41) is 14.9. The number of pyridine rings is 1. The first-order chi connectivity index (χ1) is 20.2. The predicted octanol–water partition coefficient (Wildman–Crippen LogP) is 5.61. The molecule has 3 aromatic rings. The Bertz CT molecular complexity index is 1360. The fraction of sp³-hybridized carbons (Fsp3) is 0.500. The van der Waals surface area contributed by atoms with E-state index in [0.717, 1.165) is 24.5 Å². The number of amides is 1. The van der Waals surface area contributed by atoms with Crippen molar-refractivity contribution in [3.63, 3.8) is 0 Å². The second-order valence-corrected chi connectivity index (χ2v) is 10.9. The summed E-state index contributed by atoms with van der Waals surface area (Å²) in [6, 6.07) is 11.0. The van der Waals surface area contributed by atoms with Crippen LogP contribution in [-0.2, 0) is 10.9 Å². The third kappa shape index (κ3) is 8.60. The largest absolute Gasteiger partial charge is 0.477 e. The molecule has 0 spiro atoms. The van der Waals surface area contributed by atoms with E-state index in [1.54, 1.807) is 18.3 Å². The van der Waals surface area contributed by atoms with Crippen molar-refractivity contribution in [2.75, 3.05) is 40.0 Å². The number of imidazole rings is 1. The lowest BCUT2D eigenvalue weighted by molar-refractivity contribution is -0.139. The number of nitrogens with one attached hydrogen (secondary N) is 1. The molecule has 0 bridgehead atoms. The summed E-state index contributed by atoms with van der Waals surface area (Å²) in [7, 11) is 1.57. The Hall–Kier alpha value is -2.61. The highest BCUT2D eigenvalue weighted by atomic mass is 35.5. The Morgan fingerprint density at radius 3 is 2.58 bits per heavy atom. The summed E-state index contributed by atoms with van der Waals surface area (Å²) in [6.45, 7) is 1.54. The Morgan fingerprint density at radius 2 is 1.87 bits per heavy atom. The molecule has 0 unspecified atom stereocenters. The molecule has 1 aromatic carbocycles. The van der Waals surface area contributed by atoms with Crippen molar-refractivity contribution in [2.45, 2.75) is 56.0 Å². The number of benzene rings is 1. The average Bonchev–Trinajstić information content (AvgIpc) is 3.42. The number of carbonyl (C=O) groups excluding carboxylic acids is 1. The SMILES string of the molecule is COC[C@]1(O)CCCC[C@H]1n1cnc(C(=O)N2CCNC[C@H]2CCOc2ncccc2C(F)(F)F)c1-c1ccccc1.Cl.Cl.Cl. The number of ether oxygens (including phenoxy) is 2. The number of carbonyl (C=O) groups is 1. The van der Waals surface area contributed by atoms with Crippen LogP contribution in [0.25, 0.3) is 11.3 Å². The monoisotopic (exact) mass is 695 g/mol. The Labute approximate surface area is 279 Å². The molecule has 1 aliphatic carbocycles. The van der Waals surface area contributed by atoms with Crippen LogP contribution in [0, 0.1) is 0 Å². The van der Waals surface area contributed by atoms with E-state index < -0.39 is 23.2 Å². The van der Waals surface area contributed by atoms with Gasteiger partial charge in [0.05, 0.1) is 31.3 Å². The number of aliphatic hydroxyl groups is 1. The smallest absolute Gasteiger partial charge is 0.421 e. The molecule has 3 heterocycles. The molecule has 0 radical (unpaired) electrons. The zero-order valence-electron chi connectivity index (χ0n) is 24.7. The van der Waals surface area contributed by atoms with Gasteiger partial charge in [-0.2, -0.15) is 13.2 Å². The lowest BCUT2D eigenvalue weighted by Crippen LogP contribution is -2.54. The number of halogens is 6. The lowest BCUT2D eigenvalue weighted by atomic mass is 9.80. The second-order valence-electron chi connectivity index (χ2n) is 10.9. The summed E-state index contributed by atoms with van der Waals surface area (Å²) >= 11 is 0. The zero-order valence-corrected chi connectivity index (χ0v) is 27.2. The van der Waals surface area contributed by atoms with Crippen LogP contribution < -0.4 is 10.1 Å². The highest BCUT2D eigenvalue weighted by Gasteiger charge is 2.42. The second kappa shape index (κ2) is 16.8. The van der Waals surface area contributed by atoms with Gasteiger partial charge >= 0.3 is 6.18 Å². The van der Waals surface area contributed by atoms with Crippen molar-refractivity contribution in [2.24, 2.45) is 0 Å². The molecular formula is C30H39Cl3F3N5O4. The van der Waals surface area contributed by atoms with Gasteiger partial charge in [-0.25, -0.2) is 9.97 Å². The zero-order chi connectivity index (χ0) is 29.7. The van der Waals surface area contributed by atoms with Gasteiger partial charge in [-0.15, -0.1) is 37.2 Å². The van der Waals surface area contributed by atoms with Gasteiger partial charge in [0.2, 0.25) is 5.88 Å². The van der Waals surface area contributed by atoms with Crippen molar-refractivity contribution in [1.29, 1.82) is 0 Å². The first kappa shape index (κ1) is 38.6. The van der Waals surface area contributed by atoms with Crippen LogP contribution in [-0.4, -0.2) is 82.0 Å². The van der Waals surface area contributed by atoms with Crippen LogP contribution in [0.1, 0.15) is 54.2 Å². The summed E-state index contributed by atoms with van der Waals surface area (Å²) in [5.41, 5.74) is -0.350. The highest BCUT2D eigenvalue weighted by molar-refractivity contribution is 5.98. The Kier molecular flexibility index (Phi) is 14.4. The van der Waals surface area contributed by atoms with Crippen molar-refractivity contribution in [3.05, 3.63) is 66.2 Å². The maximum atomic E-state index is 14.1. The molecule has 2 N–H and O–H groups in total. The number of methoxy groups -OCH3 is 1. The van der Waals surface area contributed by atoms with Crippen molar-refractivity contribution >= 4 is 43.1 Å². The molecule has 1 saturated heterocycles. The Balaban J connectivity index is 0.00000235. The molecular weight excluding hydrogens is 658 g/mol. The predicted molar refractivity (Wildman–Crippen MR) is 171 cm³/mol. The molecule has 5 rings (SSSR count). The number of aromatic nitrogens is 3. The quantitative estimate of drug-likeness (QED) is 0.300. The topological polar surface area (TPSA) is 102 Å². The first-order valence-corrected chi connectivity index (χ1v) is 14.2. The fourth-order valence-electron chi connectivity index (χ4n) is 6.09. The van der Waals surface area contributed by atoms with Crippen molar-refractivity contribution < 1.29 is 32.5 Å². The highest BCUT2D eigenvalue weighted by Crippen LogP contribution is 2.41. The van der Waals surface area contributed by atoms with Gasteiger partial charge in [-0.05, 0) is 25.0 Å². The molecule has 1 saturated carbocycles. The van der Waals surface area contributed by atoms with Crippen LogP contribution in [0.3, 0.4) is 0 Å². The summed E-state index contributed by atoms with van der Waals surface area (Å²) in [6.07, 6.45) is 1.69. The normalized spacial score (nSPS) is 21.6. The third-order valence-electron chi connectivity index (χ3n) is 8.11. The first-order valence-electron chi connectivity index (χ1n) is 14.2. The minimum atomic E-state index is -4.58. The molecule has 2 aromatic heterocycles. The van der Waals surface area contributed by atoms with Crippen LogP contribution in [0.5, 0.6) is 5.88 Å². The molecule has 2 fully saturated rings. The van der Waals surface area contributed by atoms with E-state index in [9.17, 15) is 23.1 Å². The van der Waals surface area contributed by atoms with E-state index in [1.165, 1.54) is 12.3 Å². The molecule has 45 heavy (non-hydrogen) atoms. The maximum absolute atomic E-state index is 14.1. The molecule has 9 nitrogen and oxygen atoms in total. The van der Waals surface area contributed by atoms with E-state index in [4.69, 9.17) is 9.47 Å². The van der Waals surface area contributed by atoms with Crippen molar-refractivity contribution in [1.82, 2.24) is 24.8 Å². The van der Waals surface area contributed by atoms with Crippen LogP contribution in [0.4, 0.5) is 13.2 Å². The summed E-state index contributed by atoms with van der Waals surface area (Å²) in [4.78, 5) is 24.2. The van der Waals surface area contributed by atoms with E-state index in [1.807, 2.05) is 34.9 Å². The molecule has 250 valence electrons. The van der Waals surface area contributed by atoms with Crippen LogP contribution in [0.15, 0.2) is 55.0 Å². The number of hydrogen-bond donors (Lipinski definition) is 2. The van der Waals surface area contributed by atoms with E-state index in [2.05, 4.69) is 15.3 Å². The van der Waals surface area contributed by atoms with Gasteiger partial charge in [-0.3, -0.25) is 4.79 Å². The van der Waals surface area contributed by atoms with Gasteiger partial charge in [0.1, 0.15) is 11.2 Å².